The number of esters is 1. The quantitative estimate of drug-likeness (QED) is 0.483. The van der Waals surface area contributed by atoms with E-state index in [2.05, 4.69) is 4.74 Å². The molecular weight excluding hydrogens is 258 g/mol. The van der Waals surface area contributed by atoms with E-state index in [0.717, 1.165) is 4.73 Å². The average molecular weight is 273 g/mol. The van der Waals surface area contributed by atoms with Crippen LogP contribution in [-0.4, -0.2) is 20.2 Å². The summed E-state index contributed by atoms with van der Waals surface area (Å²) >= 11 is 0. The summed E-state index contributed by atoms with van der Waals surface area (Å²) in [5.41, 5.74) is 1.73. The molecule has 0 unspecified atom stereocenters. The fourth-order valence-corrected chi connectivity index (χ4v) is 1.99. The molecule has 0 aliphatic heterocycles. The lowest BCUT2D eigenvalue weighted by atomic mass is 10.0. The monoisotopic (exact) mass is 273 g/mol. The van der Waals surface area contributed by atoms with Crippen LogP contribution in [0, 0.1) is 5.21 Å². The minimum atomic E-state index is -0.389. The second kappa shape index (κ2) is 6.06. The summed E-state index contributed by atoms with van der Waals surface area (Å²) in [6.45, 7) is 0. The Morgan fingerprint density at radius 3 is 2.75 bits per heavy atom. The molecule has 104 valence electrons. The highest BCUT2D eigenvalue weighted by atomic mass is 16.5. The summed E-state index contributed by atoms with van der Waals surface area (Å²) in [5, 5.41) is 12.0. The third-order valence-electron chi connectivity index (χ3n) is 2.95. The van der Waals surface area contributed by atoms with Gasteiger partial charge in [-0.2, -0.15) is 4.73 Å². The topological polar surface area (TPSA) is 62.5 Å². The average Bonchev–Trinajstić information content (AvgIpc) is 2.47. The van der Waals surface area contributed by atoms with Crippen molar-refractivity contribution in [2.45, 2.75) is 6.42 Å². The molecule has 20 heavy (non-hydrogen) atoms. The zero-order valence-electron chi connectivity index (χ0n) is 11.3. The maximum atomic E-state index is 12.0. The van der Waals surface area contributed by atoms with Crippen molar-refractivity contribution in [2.75, 3.05) is 14.2 Å². The second-order valence-electron chi connectivity index (χ2n) is 4.19. The van der Waals surface area contributed by atoms with Crippen LogP contribution >= 0.6 is 0 Å². The van der Waals surface area contributed by atoms with Crippen LogP contribution in [0.4, 0.5) is 0 Å². The lowest BCUT2D eigenvalue weighted by molar-refractivity contribution is -0.594. The minimum absolute atomic E-state index is 0.0477. The van der Waals surface area contributed by atoms with Gasteiger partial charge in [0, 0.05) is 11.6 Å². The zero-order valence-corrected chi connectivity index (χ0v) is 11.3. The zero-order chi connectivity index (χ0) is 14.5. The number of hydrogen-bond acceptors (Lipinski definition) is 4. The molecule has 0 bridgehead atoms. The summed E-state index contributed by atoms with van der Waals surface area (Å²) in [7, 11) is 2.88. The van der Waals surface area contributed by atoms with Crippen LogP contribution < -0.4 is 9.47 Å². The normalized spacial score (nSPS) is 10.1. The van der Waals surface area contributed by atoms with Gasteiger partial charge in [-0.3, -0.25) is 4.79 Å². The molecule has 0 amide bonds. The Morgan fingerprint density at radius 1 is 1.25 bits per heavy atom. The smallest absolute Gasteiger partial charge is 0.310 e. The van der Waals surface area contributed by atoms with Crippen molar-refractivity contribution in [3.8, 4) is 17.0 Å². The van der Waals surface area contributed by atoms with Gasteiger partial charge in [0.15, 0.2) is 6.20 Å². The predicted molar refractivity (Wildman–Crippen MR) is 73.1 cm³/mol. The van der Waals surface area contributed by atoms with Crippen LogP contribution in [0.1, 0.15) is 5.56 Å². The maximum absolute atomic E-state index is 12.0. The lowest BCUT2D eigenvalue weighted by Crippen LogP contribution is -2.30. The number of pyridine rings is 1. The number of benzene rings is 1. The first-order chi connectivity index (χ1) is 9.65. The summed E-state index contributed by atoms with van der Waals surface area (Å²) < 4.78 is 10.6. The predicted octanol–water partition coefficient (Wildman–Crippen LogP) is 1.71. The van der Waals surface area contributed by atoms with Crippen LogP contribution in [0.3, 0.4) is 0 Å². The molecule has 0 fully saturated rings. The maximum Gasteiger partial charge on any atom is 0.310 e. The molecule has 2 aromatic rings. The number of methoxy groups -OCH3 is 2. The van der Waals surface area contributed by atoms with Crippen LogP contribution in [0.25, 0.3) is 11.3 Å². The molecular formula is C15H15NO4. The number of ether oxygens (including phenoxy) is 2. The molecule has 5 nitrogen and oxygen atoms in total. The van der Waals surface area contributed by atoms with Crippen molar-refractivity contribution in [3.63, 3.8) is 0 Å². The molecule has 0 atom stereocenters. The van der Waals surface area contributed by atoms with Gasteiger partial charge in [0.05, 0.1) is 26.2 Å². The summed E-state index contributed by atoms with van der Waals surface area (Å²) in [6.07, 6.45) is 1.45. The van der Waals surface area contributed by atoms with E-state index in [4.69, 9.17) is 4.74 Å². The van der Waals surface area contributed by atoms with Crippen LogP contribution in [0.5, 0.6) is 5.75 Å². The van der Waals surface area contributed by atoms with Crippen molar-refractivity contribution in [1.82, 2.24) is 0 Å². The Labute approximate surface area is 117 Å². The fraction of sp³-hybridized carbons (Fsp3) is 0.200. The highest BCUT2D eigenvalue weighted by molar-refractivity contribution is 5.75. The van der Waals surface area contributed by atoms with Gasteiger partial charge in [-0.25, -0.2) is 0 Å². The van der Waals surface area contributed by atoms with E-state index in [9.17, 15) is 10.0 Å². The van der Waals surface area contributed by atoms with E-state index < -0.39 is 0 Å². The molecule has 0 spiro atoms. The third kappa shape index (κ3) is 2.88. The minimum Gasteiger partial charge on any atom is -0.618 e. The van der Waals surface area contributed by atoms with Crippen LogP contribution in [-0.2, 0) is 16.0 Å². The first-order valence-corrected chi connectivity index (χ1v) is 6.08. The summed E-state index contributed by atoms with van der Waals surface area (Å²) in [4.78, 5) is 11.4. The van der Waals surface area contributed by atoms with E-state index in [1.54, 1.807) is 43.5 Å². The van der Waals surface area contributed by atoms with Gasteiger partial charge in [-0.05, 0) is 24.3 Å². The number of rotatable bonds is 4. The lowest BCUT2D eigenvalue weighted by Gasteiger charge is -2.10. The molecule has 0 radical (unpaired) electrons. The Kier molecular flexibility index (Phi) is 4.20. The Hall–Kier alpha value is -2.56. The third-order valence-corrected chi connectivity index (χ3v) is 2.95. The van der Waals surface area contributed by atoms with Crippen LogP contribution in [0.15, 0.2) is 42.6 Å². The Balaban J connectivity index is 2.51. The summed E-state index contributed by atoms with van der Waals surface area (Å²) in [5.74, 6) is 0.260. The van der Waals surface area contributed by atoms with Gasteiger partial charge < -0.3 is 14.7 Å². The summed E-state index contributed by atoms with van der Waals surface area (Å²) in [6, 6.07) is 10.5. The van der Waals surface area contributed by atoms with Gasteiger partial charge in [0.1, 0.15) is 5.75 Å². The van der Waals surface area contributed by atoms with Gasteiger partial charge in [0.25, 0.3) is 0 Å². The Bertz CT molecular complexity index is 625. The van der Waals surface area contributed by atoms with Crippen molar-refractivity contribution in [1.29, 1.82) is 0 Å². The van der Waals surface area contributed by atoms with Gasteiger partial charge >= 0.3 is 5.97 Å². The van der Waals surface area contributed by atoms with Gasteiger partial charge in [-0.1, -0.05) is 6.07 Å². The Morgan fingerprint density at radius 2 is 2.05 bits per heavy atom. The van der Waals surface area contributed by atoms with E-state index in [1.807, 2.05) is 0 Å². The molecule has 0 aliphatic rings. The first-order valence-electron chi connectivity index (χ1n) is 6.08. The number of nitrogens with zero attached hydrogens (tertiary/aromatic N) is 1. The van der Waals surface area contributed by atoms with E-state index in [0.29, 0.717) is 22.6 Å². The van der Waals surface area contributed by atoms with Crippen molar-refractivity contribution in [2.24, 2.45) is 0 Å². The molecule has 2 rings (SSSR count). The number of hydrogen-bond donors (Lipinski definition) is 0. The molecule has 5 heteroatoms. The molecule has 1 aromatic carbocycles. The number of carbonyl (C=O) groups excluding carboxylic acids is 1. The molecule has 1 aromatic heterocycles. The SMILES string of the molecule is COC(=O)Cc1ccc[n+]([O-])c1-c1cccc(OC)c1. The molecule has 1 heterocycles. The molecule has 0 saturated heterocycles. The van der Waals surface area contributed by atoms with Crippen molar-refractivity contribution >= 4 is 5.97 Å². The fourth-order valence-electron chi connectivity index (χ4n) is 1.99. The van der Waals surface area contributed by atoms with Crippen LogP contribution in [0.2, 0.25) is 0 Å². The van der Waals surface area contributed by atoms with E-state index in [-0.39, 0.29) is 12.4 Å². The number of aromatic nitrogens is 1. The largest absolute Gasteiger partial charge is 0.618 e. The van der Waals surface area contributed by atoms with Crippen molar-refractivity contribution in [3.05, 3.63) is 53.4 Å². The molecule has 0 N–H and O–H groups in total. The van der Waals surface area contributed by atoms with Gasteiger partial charge in [0.2, 0.25) is 5.69 Å². The van der Waals surface area contributed by atoms with Gasteiger partial charge in [-0.15, -0.1) is 0 Å². The van der Waals surface area contributed by atoms with E-state index in [1.165, 1.54) is 13.3 Å². The first kappa shape index (κ1) is 13.9. The highest BCUT2D eigenvalue weighted by Gasteiger charge is 2.18. The standard InChI is InChI=1S/C15H15NO4/c1-19-13-7-3-5-11(9-13)15-12(10-14(17)20-2)6-4-8-16(15)18/h3-9H,10H2,1-2H3. The second-order valence-corrected chi connectivity index (χ2v) is 4.19. The number of carbonyl (C=O) groups is 1. The van der Waals surface area contributed by atoms with Crippen molar-refractivity contribution < 1.29 is 19.0 Å². The highest BCUT2D eigenvalue weighted by Crippen LogP contribution is 2.24. The van der Waals surface area contributed by atoms with E-state index >= 15 is 0 Å². The molecule has 0 aliphatic carbocycles. The molecule has 0 saturated carbocycles.